The van der Waals surface area contributed by atoms with E-state index in [2.05, 4.69) is 25.2 Å². The van der Waals surface area contributed by atoms with Gasteiger partial charge < -0.3 is 5.32 Å². The molecule has 14 heavy (non-hydrogen) atoms. The summed E-state index contributed by atoms with van der Waals surface area (Å²) in [6.45, 7) is 5.71. The molecule has 1 rings (SSSR count). The van der Waals surface area contributed by atoms with Crippen molar-refractivity contribution in [3.63, 3.8) is 0 Å². The summed E-state index contributed by atoms with van der Waals surface area (Å²) in [6, 6.07) is 0. The van der Waals surface area contributed by atoms with Gasteiger partial charge in [0.25, 0.3) is 0 Å². The molecule has 0 aromatic carbocycles. The van der Waals surface area contributed by atoms with Crippen molar-refractivity contribution in [1.29, 1.82) is 0 Å². The van der Waals surface area contributed by atoms with E-state index in [1.165, 1.54) is 32.1 Å². The maximum atomic E-state index is 3.25. The monoisotopic (exact) mass is 195 g/mol. The van der Waals surface area contributed by atoms with E-state index in [4.69, 9.17) is 0 Å². The highest BCUT2D eigenvalue weighted by Gasteiger charge is 2.16. The van der Waals surface area contributed by atoms with E-state index in [0.717, 1.165) is 18.4 Å². The van der Waals surface area contributed by atoms with Crippen LogP contribution in [0.4, 0.5) is 0 Å². The highest BCUT2D eigenvalue weighted by Crippen LogP contribution is 2.29. The topological polar surface area (TPSA) is 12.0 Å². The van der Waals surface area contributed by atoms with Gasteiger partial charge in [-0.25, -0.2) is 0 Å². The van der Waals surface area contributed by atoms with Crippen LogP contribution in [0, 0.1) is 11.8 Å². The van der Waals surface area contributed by atoms with Crippen LogP contribution in [0.25, 0.3) is 0 Å². The van der Waals surface area contributed by atoms with Gasteiger partial charge in [0, 0.05) is 6.54 Å². The maximum absolute atomic E-state index is 3.25. The summed E-state index contributed by atoms with van der Waals surface area (Å²) >= 11 is 0. The third-order valence-electron chi connectivity index (χ3n) is 3.39. The SMILES string of the molecule is CC/C(=C\C1CCC(C)CC1)CNC. The van der Waals surface area contributed by atoms with Crippen molar-refractivity contribution in [1.82, 2.24) is 5.32 Å². The molecule has 0 saturated heterocycles. The Balaban J connectivity index is 2.40. The Morgan fingerprint density at radius 2 is 1.93 bits per heavy atom. The molecule has 0 radical (unpaired) electrons. The summed E-state index contributed by atoms with van der Waals surface area (Å²) in [6.07, 6.45) is 9.41. The number of hydrogen-bond acceptors (Lipinski definition) is 1. The quantitative estimate of drug-likeness (QED) is 0.678. The number of hydrogen-bond donors (Lipinski definition) is 1. The smallest absolute Gasteiger partial charge is 0.0161 e. The molecule has 1 aliphatic carbocycles. The third kappa shape index (κ3) is 3.83. The Labute approximate surface area is 89.0 Å². The maximum Gasteiger partial charge on any atom is 0.0161 e. The standard InChI is InChI=1S/C13H25N/c1-4-12(10-14-3)9-13-7-5-11(2)6-8-13/h9,11,13-14H,4-8,10H2,1-3H3/b12-9+. The molecular formula is C13H25N. The van der Waals surface area contributed by atoms with Crippen molar-refractivity contribution in [2.45, 2.75) is 46.0 Å². The molecule has 82 valence electrons. The van der Waals surface area contributed by atoms with Gasteiger partial charge in [-0.2, -0.15) is 0 Å². The molecule has 0 amide bonds. The predicted molar refractivity (Wildman–Crippen MR) is 63.4 cm³/mol. The summed E-state index contributed by atoms with van der Waals surface area (Å²) in [5, 5.41) is 3.25. The van der Waals surface area contributed by atoms with Gasteiger partial charge in [0.15, 0.2) is 0 Å². The first-order valence-electron chi connectivity index (χ1n) is 6.10. The van der Waals surface area contributed by atoms with Crippen LogP contribution in [-0.2, 0) is 0 Å². The van der Waals surface area contributed by atoms with Crippen LogP contribution in [0.3, 0.4) is 0 Å². The second-order valence-electron chi connectivity index (χ2n) is 4.73. The minimum Gasteiger partial charge on any atom is -0.316 e. The predicted octanol–water partition coefficient (Wildman–Crippen LogP) is 3.37. The van der Waals surface area contributed by atoms with Crippen LogP contribution in [-0.4, -0.2) is 13.6 Å². The van der Waals surface area contributed by atoms with Crippen molar-refractivity contribution in [2.75, 3.05) is 13.6 Å². The molecule has 0 aromatic rings. The Morgan fingerprint density at radius 3 is 2.43 bits per heavy atom. The summed E-state index contributed by atoms with van der Waals surface area (Å²) in [7, 11) is 2.03. The van der Waals surface area contributed by atoms with Crippen LogP contribution in [0.5, 0.6) is 0 Å². The van der Waals surface area contributed by atoms with E-state index in [-0.39, 0.29) is 0 Å². The molecule has 0 aromatic heterocycles. The average molecular weight is 195 g/mol. The van der Waals surface area contributed by atoms with Gasteiger partial charge in [0.2, 0.25) is 0 Å². The van der Waals surface area contributed by atoms with Crippen molar-refractivity contribution in [3.05, 3.63) is 11.6 Å². The zero-order valence-electron chi connectivity index (χ0n) is 9.97. The van der Waals surface area contributed by atoms with Gasteiger partial charge in [-0.3, -0.25) is 0 Å². The molecule has 1 heteroatoms. The Morgan fingerprint density at radius 1 is 1.29 bits per heavy atom. The van der Waals surface area contributed by atoms with Crippen molar-refractivity contribution < 1.29 is 0 Å². The summed E-state index contributed by atoms with van der Waals surface area (Å²) in [5.74, 6) is 1.84. The minimum atomic E-state index is 0.870. The molecule has 0 heterocycles. The molecule has 1 fully saturated rings. The number of allylic oxidation sites excluding steroid dienone is 1. The van der Waals surface area contributed by atoms with Crippen LogP contribution in [0.2, 0.25) is 0 Å². The van der Waals surface area contributed by atoms with Crippen molar-refractivity contribution in [3.8, 4) is 0 Å². The van der Waals surface area contributed by atoms with Crippen LogP contribution >= 0.6 is 0 Å². The first kappa shape index (κ1) is 11.8. The summed E-state index contributed by atoms with van der Waals surface area (Å²) in [4.78, 5) is 0. The van der Waals surface area contributed by atoms with E-state index in [0.29, 0.717) is 0 Å². The molecule has 0 aliphatic heterocycles. The Bertz CT molecular complexity index is 176. The van der Waals surface area contributed by atoms with Gasteiger partial charge in [0.05, 0.1) is 0 Å². The minimum absolute atomic E-state index is 0.870. The van der Waals surface area contributed by atoms with Gasteiger partial charge in [-0.15, -0.1) is 0 Å². The lowest BCUT2D eigenvalue weighted by atomic mass is 9.82. The number of nitrogens with one attached hydrogen (secondary N) is 1. The van der Waals surface area contributed by atoms with Crippen LogP contribution in [0.15, 0.2) is 11.6 Å². The Kier molecular flexibility index (Phi) is 5.24. The molecule has 1 nitrogen and oxygen atoms in total. The molecule has 0 spiro atoms. The fourth-order valence-electron chi connectivity index (χ4n) is 2.31. The third-order valence-corrected chi connectivity index (χ3v) is 3.39. The van der Waals surface area contributed by atoms with Gasteiger partial charge >= 0.3 is 0 Å². The fraction of sp³-hybridized carbons (Fsp3) is 0.846. The molecule has 1 N–H and O–H groups in total. The lowest BCUT2D eigenvalue weighted by Crippen LogP contribution is -2.14. The normalized spacial score (nSPS) is 29.2. The summed E-state index contributed by atoms with van der Waals surface area (Å²) in [5.41, 5.74) is 1.59. The first-order valence-corrected chi connectivity index (χ1v) is 6.10. The van der Waals surface area contributed by atoms with Crippen LogP contribution < -0.4 is 5.32 Å². The van der Waals surface area contributed by atoms with Crippen LogP contribution in [0.1, 0.15) is 46.0 Å². The highest BCUT2D eigenvalue weighted by molar-refractivity contribution is 5.06. The lowest BCUT2D eigenvalue weighted by Gasteiger charge is -2.24. The lowest BCUT2D eigenvalue weighted by molar-refractivity contribution is 0.329. The largest absolute Gasteiger partial charge is 0.316 e. The molecule has 1 aliphatic rings. The fourth-order valence-corrected chi connectivity index (χ4v) is 2.31. The first-order chi connectivity index (χ1) is 6.76. The van der Waals surface area contributed by atoms with Crippen molar-refractivity contribution >= 4 is 0 Å². The van der Waals surface area contributed by atoms with E-state index in [9.17, 15) is 0 Å². The highest BCUT2D eigenvalue weighted by atomic mass is 14.8. The zero-order chi connectivity index (χ0) is 10.4. The second-order valence-corrected chi connectivity index (χ2v) is 4.73. The molecule has 1 saturated carbocycles. The van der Waals surface area contributed by atoms with E-state index in [1.807, 2.05) is 7.05 Å². The summed E-state index contributed by atoms with van der Waals surface area (Å²) < 4.78 is 0. The molecule has 0 unspecified atom stereocenters. The molecule has 0 atom stereocenters. The number of rotatable bonds is 4. The van der Waals surface area contributed by atoms with Crippen molar-refractivity contribution in [2.24, 2.45) is 11.8 Å². The van der Waals surface area contributed by atoms with Gasteiger partial charge in [-0.05, 0) is 38.1 Å². The zero-order valence-corrected chi connectivity index (χ0v) is 9.97. The Hall–Kier alpha value is -0.300. The second kappa shape index (κ2) is 6.23. The molecular weight excluding hydrogens is 170 g/mol. The average Bonchev–Trinajstić information content (AvgIpc) is 2.20. The van der Waals surface area contributed by atoms with Gasteiger partial charge in [0.1, 0.15) is 0 Å². The van der Waals surface area contributed by atoms with Gasteiger partial charge in [-0.1, -0.05) is 38.3 Å². The van der Waals surface area contributed by atoms with E-state index < -0.39 is 0 Å². The van der Waals surface area contributed by atoms with E-state index in [1.54, 1.807) is 5.57 Å². The molecule has 0 bridgehead atoms. The van der Waals surface area contributed by atoms with E-state index >= 15 is 0 Å². The number of likely N-dealkylation sites (N-methyl/N-ethyl adjacent to an activating group) is 1.